The molecule has 3 heterocycles. The molecular weight excluding hydrogens is 324 g/mol. The normalized spacial score (nSPS) is 25.4. The molecule has 3 heteroatoms. The van der Waals surface area contributed by atoms with Crippen molar-refractivity contribution in [3.8, 4) is 0 Å². The molecule has 2 aromatic rings. The summed E-state index contributed by atoms with van der Waals surface area (Å²) in [5.74, 6) is 1.95. The van der Waals surface area contributed by atoms with Gasteiger partial charge in [0.25, 0.3) is 0 Å². The van der Waals surface area contributed by atoms with Crippen molar-refractivity contribution in [2.75, 3.05) is 30.3 Å². The third kappa shape index (κ3) is 2.69. The molecule has 0 saturated carbocycles. The highest BCUT2D eigenvalue weighted by atomic mass is 32.2. The standard InChI is InChI=1S/C22H26N2S/c1-16-6-2-3-7-17(16)14-23-12-10-20-19(15-23)18-8-4-9-21-22(18)24(20)11-5-13-25-21/h2-4,6-9,19-20H,5,10-15H2,1H3/t19-,20-/m1/s1. The number of likely N-dealkylation sites (tertiary alicyclic amines) is 1. The Balaban J connectivity index is 1.43. The summed E-state index contributed by atoms with van der Waals surface area (Å²) >= 11 is 2.06. The second-order valence-corrected chi connectivity index (χ2v) is 8.85. The van der Waals surface area contributed by atoms with E-state index in [0.717, 1.165) is 12.6 Å². The SMILES string of the molecule is Cc1ccccc1CN1CC[C@@H]2[C@H](C1)c1cccc3c1N2CCCS3. The fourth-order valence-corrected chi connectivity index (χ4v) is 6.02. The number of aryl methyl sites for hydroxylation is 1. The van der Waals surface area contributed by atoms with Crippen LogP contribution in [0.4, 0.5) is 5.69 Å². The van der Waals surface area contributed by atoms with Gasteiger partial charge in [0.2, 0.25) is 0 Å². The first-order chi connectivity index (χ1) is 12.3. The lowest BCUT2D eigenvalue weighted by atomic mass is 9.88. The number of para-hydroxylation sites is 1. The second kappa shape index (κ2) is 6.37. The van der Waals surface area contributed by atoms with E-state index < -0.39 is 0 Å². The van der Waals surface area contributed by atoms with Crippen LogP contribution >= 0.6 is 11.8 Å². The minimum Gasteiger partial charge on any atom is -0.367 e. The van der Waals surface area contributed by atoms with Crippen LogP contribution in [-0.4, -0.2) is 36.3 Å². The van der Waals surface area contributed by atoms with Gasteiger partial charge in [-0.3, -0.25) is 4.90 Å². The van der Waals surface area contributed by atoms with Crippen molar-refractivity contribution >= 4 is 17.4 Å². The van der Waals surface area contributed by atoms with Gasteiger partial charge in [0.15, 0.2) is 0 Å². The molecule has 0 N–H and O–H groups in total. The first-order valence-corrected chi connectivity index (χ1v) is 10.6. The summed E-state index contributed by atoms with van der Waals surface area (Å²) in [5, 5.41) is 0. The van der Waals surface area contributed by atoms with Crippen LogP contribution in [0.1, 0.15) is 35.4 Å². The Kier molecular flexibility index (Phi) is 4.02. The lowest BCUT2D eigenvalue weighted by molar-refractivity contribution is 0.186. The minimum absolute atomic E-state index is 0.686. The molecule has 2 aromatic carbocycles. The van der Waals surface area contributed by atoms with Crippen molar-refractivity contribution < 1.29 is 0 Å². The molecule has 0 spiro atoms. The van der Waals surface area contributed by atoms with E-state index >= 15 is 0 Å². The Labute approximate surface area is 155 Å². The zero-order valence-electron chi connectivity index (χ0n) is 14.9. The predicted molar refractivity (Wildman–Crippen MR) is 107 cm³/mol. The number of benzene rings is 2. The van der Waals surface area contributed by atoms with Crippen molar-refractivity contribution in [1.29, 1.82) is 0 Å². The van der Waals surface area contributed by atoms with E-state index in [1.807, 2.05) is 0 Å². The molecule has 0 unspecified atom stereocenters. The molecule has 0 amide bonds. The van der Waals surface area contributed by atoms with Gasteiger partial charge in [0, 0.05) is 43.0 Å². The van der Waals surface area contributed by atoms with E-state index in [2.05, 4.69) is 71.0 Å². The average molecular weight is 351 g/mol. The Morgan fingerprint density at radius 1 is 1.08 bits per heavy atom. The largest absolute Gasteiger partial charge is 0.367 e. The Morgan fingerprint density at radius 2 is 2.00 bits per heavy atom. The van der Waals surface area contributed by atoms with Crippen LogP contribution in [0.2, 0.25) is 0 Å². The van der Waals surface area contributed by atoms with Crippen LogP contribution in [0.3, 0.4) is 0 Å². The maximum absolute atomic E-state index is 2.76. The smallest absolute Gasteiger partial charge is 0.0543 e. The van der Waals surface area contributed by atoms with Gasteiger partial charge < -0.3 is 4.90 Å². The molecule has 5 rings (SSSR count). The third-order valence-electron chi connectivity index (χ3n) is 6.23. The number of piperidine rings is 1. The van der Waals surface area contributed by atoms with Crippen LogP contribution in [0, 0.1) is 6.92 Å². The highest BCUT2D eigenvalue weighted by Crippen LogP contribution is 2.50. The first kappa shape index (κ1) is 15.8. The fraction of sp³-hybridized carbons (Fsp3) is 0.455. The Bertz CT molecular complexity index is 787. The van der Waals surface area contributed by atoms with Crippen LogP contribution in [0.5, 0.6) is 0 Å². The van der Waals surface area contributed by atoms with E-state index in [1.54, 1.807) is 11.3 Å². The minimum atomic E-state index is 0.686. The Hall–Kier alpha value is -1.45. The molecule has 25 heavy (non-hydrogen) atoms. The topological polar surface area (TPSA) is 6.48 Å². The highest BCUT2D eigenvalue weighted by molar-refractivity contribution is 7.99. The number of fused-ring (bicyclic) bond motifs is 3. The van der Waals surface area contributed by atoms with Crippen molar-refractivity contribution in [2.24, 2.45) is 0 Å². The summed E-state index contributed by atoms with van der Waals surface area (Å²) in [4.78, 5) is 6.97. The third-order valence-corrected chi connectivity index (χ3v) is 7.37. The van der Waals surface area contributed by atoms with E-state index in [0.29, 0.717) is 5.92 Å². The summed E-state index contributed by atoms with van der Waals surface area (Å²) in [6.45, 7) is 7.01. The monoisotopic (exact) mass is 350 g/mol. The second-order valence-electron chi connectivity index (χ2n) is 7.71. The van der Waals surface area contributed by atoms with Crippen molar-refractivity contribution in [3.05, 3.63) is 59.2 Å². The highest BCUT2D eigenvalue weighted by Gasteiger charge is 2.43. The maximum Gasteiger partial charge on any atom is 0.0543 e. The molecular formula is C22H26N2S. The lowest BCUT2D eigenvalue weighted by Gasteiger charge is -2.39. The van der Waals surface area contributed by atoms with E-state index in [-0.39, 0.29) is 0 Å². The van der Waals surface area contributed by atoms with Crippen LogP contribution in [0.15, 0.2) is 47.4 Å². The average Bonchev–Trinajstić information content (AvgIpc) is 2.79. The van der Waals surface area contributed by atoms with Gasteiger partial charge in [-0.25, -0.2) is 0 Å². The summed E-state index contributed by atoms with van der Waals surface area (Å²) in [6, 6.07) is 16.6. The van der Waals surface area contributed by atoms with Crippen molar-refractivity contribution in [2.45, 2.75) is 43.2 Å². The zero-order chi connectivity index (χ0) is 16.8. The fourth-order valence-electron chi connectivity index (χ4n) is 4.98. The molecule has 0 radical (unpaired) electrons. The molecule has 1 fully saturated rings. The number of nitrogens with zero attached hydrogens (tertiary/aromatic N) is 2. The van der Waals surface area contributed by atoms with Gasteiger partial charge in [-0.05, 0) is 48.3 Å². The summed E-state index contributed by atoms with van der Waals surface area (Å²) < 4.78 is 0. The summed E-state index contributed by atoms with van der Waals surface area (Å²) in [7, 11) is 0. The molecule has 0 bridgehead atoms. The zero-order valence-corrected chi connectivity index (χ0v) is 15.8. The van der Waals surface area contributed by atoms with E-state index in [4.69, 9.17) is 0 Å². The van der Waals surface area contributed by atoms with Crippen LogP contribution in [-0.2, 0) is 6.54 Å². The summed E-state index contributed by atoms with van der Waals surface area (Å²) in [6.07, 6.45) is 2.62. The van der Waals surface area contributed by atoms with Crippen LogP contribution < -0.4 is 4.90 Å². The van der Waals surface area contributed by atoms with E-state index in [1.165, 1.54) is 54.3 Å². The lowest BCUT2D eigenvalue weighted by Crippen LogP contribution is -2.46. The number of hydrogen-bond acceptors (Lipinski definition) is 3. The number of hydrogen-bond donors (Lipinski definition) is 0. The first-order valence-electron chi connectivity index (χ1n) is 9.60. The number of thioether (sulfide) groups is 1. The van der Waals surface area contributed by atoms with E-state index in [9.17, 15) is 0 Å². The molecule has 0 aromatic heterocycles. The quantitative estimate of drug-likeness (QED) is 0.777. The number of anilines is 1. The van der Waals surface area contributed by atoms with Crippen molar-refractivity contribution in [1.82, 2.24) is 4.90 Å². The van der Waals surface area contributed by atoms with Gasteiger partial charge in [0.05, 0.1) is 5.69 Å². The molecule has 3 aliphatic heterocycles. The molecule has 0 aliphatic carbocycles. The van der Waals surface area contributed by atoms with Gasteiger partial charge in [-0.1, -0.05) is 36.4 Å². The summed E-state index contributed by atoms with van der Waals surface area (Å²) in [5.41, 5.74) is 6.11. The number of rotatable bonds is 2. The van der Waals surface area contributed by atoms with Gasteiger partial charge in [-0.15, -0.1) is 11.8 Å². The molecule has 2 atom stereocenters. The Morgan fingerprint density at radius 3 is 2.92 bits per heavy atom. The molecule has 2 nitrogen and oxygen atoms in total. The predicted octanol–water partition coefficient (Wildman–Crippen LogP) is 4.67. The van der Waals surface area contributed by atoms with Gasteiger partial charge >= 0.3 is 0 Å². The molecule has 130 valence electrons. The maximum atomic E-state index is 2.76. The van der Waals surface area contributed by atoms with Crippen LogP contribution in [0.25, 0.3) is 0 Å². The van der Waals surface area contributed by atoms with Gasteiger partial charge in [0.1, 0.15) is 0 Å². The molecule has 1 saturated heterocycles. The molecule has 3 aliphatic rings. The van der Waals surface area contributed by atoms with Gasteiger partial charge in [-0.2, -0.15) is 0 Å². The van der Waals surface area contributed by atoms with Crippen molar-refractivity contribution in [3.63, 3.8) is 0 Å².